The molecule has 1 saturated heterocycles. The van der Waals surface area contributed by atoms with E-state index in [-0.39, 0.29) is 44.1 Å². The molecule has 0 saturated carbocycles. The van der Waals surface area contributed by atoms with E-state index >= 15 is 0 Å². The highest BCUT2D eigenvalue weighted by atomic mass is 35.5. The summed E-state index contributed by atoms with van der Waals surface area (Å²) in [5, 5.41) is 10.1. The summed E-state index contributed by atoms with van der Waals surface area (Å²) in [6, 6.07) is 14.1. The van der Waals surface area contributed by atoms with Crippen LogP contribution in [0.25, 0.3) is 0 Å². The van der Waals surface area contributed by atoms with Crippen molar-refractivity contribution in [2.45, 2.75) is 23.8 Å². The Hall–Kier alpha value is -3.31. The first-order valence-corrected chi connectivity index (χ1v) is 14.6. The Bertz CT molecular complexity index is 1530. The number of anilines is 1. The maximum Gasteiger partial charge on any atom is 0.264 e. The number of aliphatic hydroxyl groups excluding tert-OH is 1. The molecule has 12 heteroatoms. The molecule has 1 amide bonds. The van der Waals surface area contributed by atoms with Gasteiger partial charge < -0.3 is 19.5 Å². The highest BCUT2D eigenvalue weighted by Gasteiger charge is 2.35. The van der Waals surface area contributed by atoms with Crippen LogP contribution in [0.1, 0.15) is 28.8 Å². The van der Waals surface area contributed by atoms with Gasteiger partial charge in [0.2, 0.25) is 5.91 Å². The third-order valence-electron chi connectivity index (χ3n) is 6.72. The number of halogens is 2. The first-order chi connectivity index (χ1) is 19.1. The van der Waals surface area contributed by atoms with Crippen LogP contribution >= 0.6 is 23.2 Å². The normalized spacial score (nSPS) is 15.1. The van der Waals surface area contributed by atoms with E-state index in [1.807, 2.05) is 0 Å². The number of likely N-dealkylation sites (tertiary alicyclic amines) is 1. The minimum Gasteiger partial charge on any atom is -0.493 e. The SMILES string of the molecule is COc1ccc(S(=O)(=O)N(CC(=O)N2CCCC2CO)c2ccc(Cl)cc2C(=O)c2ccccc2Cl)cc1OC. The molecule has 1 N–H and O–H groups in total. The number of ether oxygens (including phenoxy) is 2. The number of hydrogen-bond acceptors (Lipinski definition) is 7. The summed E-state index contributed by atoms with van der Waals surface area (Å²) in [6.45, 7) is -0.497. The molecule has 9 nitrogen and oxygen atoms in total. The van der Waals surface area contributed by atoms with Gasteiger partial charge in [0.15, 0.2) is 17.3 Å². The molecule has 1 aliphatic heterocycles. The average Bonchev–Trinajstić information content (AvgIpc) is 3.44. The van der Waals surface area contributed by atoms with Gasteiger partial charge in [-0.05, 0) is 55.3 Å². The van der Waals surface area contributed by atoms with Crippen LogP contribution in [-0.2, 0) is 14.8 Å². The van der Waals surface area contributed by atoms with Crippen molar-refractivity contribution in [2.75, 3.05) is 38.2 Å². The Labute approximate surface area is 242 Å². The van der Waals surface area contributed by atoms with Crippen LogP contribution in [0, 0.1) is 0 Å². The first kappa shape index (κ1) is 29.7. The minimum atomic E-state index is -4.46. The fourth-order valence-electron chi connectivity index (χ4n) is 4.67. The standard InChI is InChI=1S/C28H28Cl2N2O7S/c1-38-25-12-10-20(15-26(25)39-2)40(36,37)32(16-27(34)31-13-5-6-19(31)17-33)24-11-9-18(29)14-22(24)28(35)21-7-3-4-8-23(21)30/h3-4,7-12,14-15,19,33H,5-6,13,16-17H2,1-2H3. The van der Waals surface area contributed by atoms with Crippen LogP contribution in [0.5, 0.6) is 11.5 Å². The van der Waals surface area contributed by atoms with E-state index < -0.39 is 34.3 Å². The number of carbonyl (C=O) groups excluding carboxylic acids is 2. The monoisotopic (exact) mass is 606 g/mol. The summed E-state index contributed by atoms with van der Waals surface area (Å²) in [6.07, 6.45) is 1.28. The molecule has 1 unspecified atom stereocenters. The maximum absolute atomic E-state index is 14.2. The van der Waals surface area contributed by atoms with Crippen LogP contribution < -0.4 is 13.8 Å². The molecule has 1 fully saturated rings. The summed E-state index contributed by atoms with van der Waals surface area (Å²) < 4.78 is 39.8. The van der Waals surface area contributed by atoms with Gasteiger partial charge in [-0.3, -0.25) is 13.9 Å². The molecule has 0 bridgehead atoms. The average molecular weight is 608 g/mol. The number of aliphatic hydroxyl groups is 1. The van der Waals surface area contributed by atoms with Gasteiger partial charge >= 0.3 is 0 Å². The van der Waals surface area contributed by atoms with Crippen LogP contribution in [0.3, 0.4) is 0 Å². The maximum atomic E-state index is 14.2. The second-order valence-corrected chi connectivity index (χ2v) is 11.8. The second kappa shape index (κ2) is 12.5. The van der Waals surface area contributed by atoms with Gasteiger partial charge in [0, 0.05) is 28.8 Å². The number of rotatable bonds is 10. The zero-order chi connectivity index (χ0) is 29.0. The molecule has 0 spiro atoms. The quantitative estimate of drug-likeness (QED) is 0.340. The Morgan fingerprint density at radius 2 is 1.73 bits per heavy atom. The predicted octanol–water partition coefficient (Wildman–Crippen LogP) is 4.42. The number of ketones is 1. The molecule has 1 heterocycles. The lowest BCUT2D eigenvalue weighted by atomic mass is 10.0. The van der Waals surface area contributed by atoms with Gasteiger partial charge in [0.05, 0.1) is 42.5 Å². The van der Waals surface area contributed by atoms with Crippen LogP contribution in [0.15, 0.2) is 65.6 Å². The Morgan fingerprint density at radius 1 is 1.00 bits per heavy atom. The van der Waals surface area contributed by atoms with E-state index in [0.717, 1.165) is 4.31 Å². The van der Waals surface area contributed by atoms with Crippen molar-refractivity contribution >= 4 is 50.6 Å². The minimum absolute atomic E-state index is 0.0578. The van der Waals surface area contributed by atoms with Gasteiger partial charge in [-0.1, -0.05) is 35.3 Å². The van der Waals surface area contributed by atoms with Gasteiger partial charge in [0.1, 0.15) is 6.54 Å². The Balaban J connectivity index is 1.88. The summed E-state index contributed by atoms with van der Waals surface area (Å²) in [5.41, 5.74) is 0.0251. The molecule has 212 valence electrons. The van der Waals surface area contributed by atoms with Crippen molar-refractivity contribution in [3.8, 4) is 11.5 Å². The largest absolute Gasteiger partial charge is 0.493 e. The molecular weight excluding hydrogens is 579 g/mol. The molecule has 40 heavy (non-hydrogen) atoms. The number of sulfonamides is 1. The van der Waals surface area contributed by atoms with E-state index in [2.05, 4.69) is 0 Å². The van der Waals surface area contributed by atoms with E-state index in [9.17, 15) is 23.1 Å². The molecule has 3 aromatic rings. The fraction of sp³-hybridized carbons (Fsp3) is 0.286. The summed E-state index contributed by atoms with van der Waals surface area (Å²) in [7, 11) is -1.67. The van der Waals surface area contributed by atoms with Crippen LogP contribution in [0.4, 0.5) is 5.69 Å². The Morgan fingerprint density at radius 3 is 2.40 bits per heavy atom. The lowest BCUT2D eigenvalue weighted by molar-refractivity contribution is -0.131. The van der Waals surface area contributed by atoms with Crippen LogP contribution in [0.2, 0.25) is 10.0 Å². The first-order valence-electron chi connectivity index (χ1n) is 12.4. The molecule has 1 aliphatic rings. The number of nitrogens with zero attached hydrogens (tertiary/aromatic N) is 2. The summed E-state index contributed by atoms with van der Waals surface area (Å²) in [4.78, 5) is 28.5. The van der Waals surface area contributed by atoms with Crippen molar-refractivity contribution < 1.29 is 32.6 Å². The predicted molar refractivity (Wildman–Crippen MR) is 152 cm³/mol. The molecule has 0 radical (unpaired) electrons. The van der Waals surface area contributed by atoms with E-state index in [1.165, 1.54) is 61.6 Å². The third kappa shape index (κ3) is 5.90. The smallest absolute Gasteiger partial charge is 0.264 e. The molecule has 1 atom stereocenters. The zero-order valence-corrected chi connectivity index (χ0v) is 24.2. The van der Waals surface area contributed by atoms with Crippen LogP contribution in [-0.4, -0.2) is 70.1 Å². The molecule has 0 aliphatic carbocycles. The molecule has 3 aromatic carbocycles. The van der Waals surface area contributed by atoms with E-state index in [1.54, 1.807) is 18.2 Å². The summed E-state index contributed by atoms with van der Waals surface area (Å²) >= 11 is 12.6. The van der Waals surface area contributed by atoms with Crippen molar-refractivity contribution in [1.82, 2.24) is 4.90 Å². The van der Waals surface area contributed by atoms with Gasteiger partial charge in [-0.2, -0.15) is 0 Å². The number of hydrogen-bond donors (Lipinski definition) is 1. The lowest BCUT2D eigenvalue weighted by Gasteiger charge is -2.30. The second-order valence-electron chi connectivity index (χ2n) is 9.06. The third-order valence-corrected chi connectivity index (χ3v) is 9.04. The highest BCUT2D eigenvalue weighted by Crippen LogP contribution is 2.35. The molecular formula is C28H28Cl2N2O7S. The van der Waals surface area contributed by atoms with Crippen molar-refractivity contribution in [3.05, 3.63) is 81.8 Å². The van der Waals surface area contributed by atoms with Gasteiger partial charge in [-0.25, -0.2) is 8.42 Å². The number of benzene rings is 3. The summed E-state index contributed by atoms with van der Waals surface area (Å²) in [5.74, 6) is -0.615. The number of amides is 1. The van der Waals surface area contributed by atoms with E-state index in [4.69, 9.17) is 32.7 Å². The van der Waals surface area contributed by atoms with Gasteiger partial charge in [-0.15, -0.1) is 0 Å². The van der Waals surface area contributed by atoms with Crippen molar-refractivity contribution in [1.29, 1.82) is 0 Å². The topological polar surface area (TPSA) is 113 Å². The van der Waals surface area contributed by atoms with Crippen molar-refractivity contribution in [3.63, 3.8) is 0 Å². The fourth-order valence-corrected chi connectivity index (χ4v) is 6.51. The molecule has 4 rings (SSSR count). The number of methoxy groups -OCH3 is 2. The number of carbonyl (C=O) groups is 2. The highest BCUT2D eigenvalue weighted by molar-refractivity contribution is 7.92. The zero-order valence-electron chi connectivity index (χ0n) is 21.8. The van der Waals surface area contributed by atoms with E-state index in [0.29, 0.717) is 25.1 Å². The van der Waals surface area contributed by atoms with Gasteiger partial charge in [0.25, 0.3) is 10.0 Å². The Kier molecular flexibility index (Phi) is 9.25. The lowest BCUT2D eigenvalue weighted by Crippen LogP contribution is -2.46. The molecule has 0 aromatic heterocycles. The van der Waals surface area contributed by atoms with Crippen molar-refractivity contribution in [2.24, 2.45) is 0 Å².